The van der Waals surface area contributed by atoms with Gasteiger partial charge in [0.1, 0.15) is 11.6 Å². The lowest BCUT2D eigenvalue weighted by molar-refractivity contribution is 0.102. The Morgan fingerprint density at radius 1 is 1.35 bits per heavy atom. The molecule has 0 radical (unpaired) electrons. The minimum atomic E-state index is -0.187. The number of hydrogen-bond donors (Lipinski definition) is 1. The molecular formula is C15H15BrN2O2. The molecule has 2 rings (SSSR count). The van der Waals surface area contributed by atoms with E-state index in [-0.39, 0.29) is 5.91 Å². The molecule has 1 aromatic heterocycles. The molecule has 0 atom stereocenters. The van der Waals surface area contributed by atoms with Crippen LogP contribution in [0.5, 0.6) is 5.75 Å². The molecule has 0 saturated carbocycles. The fourth-order valence-corrected chi connectivity index (χ4v) is 2.19. The number of carbonyl (C=O) groups excluding carboxylic acids is 1. The highest BCUT2D eigenvalue weighted by Crippen LogP contribution is 2.21. The van der Waals surface area contributed by atoms with E-state index in [0.717, 1.165) is 22.2 Å². The van der Waals surface area contributed by atoms with Gasteiger partial charge in [-0.15, -0.1) is 0 Å². The van der Waals surface area contributed by atoms with Crippen LogP contribution in [0, 0.1) is 0 Å². The van der Waals surface area contributed by atoms with Crippen LogP contribution in [0.4, 0.5) is 5.82 Å². The second-order valence-electron chi connectivity index (χ2n) is 4.19. The van der Waals surface area contributed by atoms with Gasteiger partial charge in [-0.25, -0.2) is 4.98 Å². The number of rotatable bonds is 4. The first-order chi connectivity index (χ1) is 9.63. The average molecular weight is 335 g/mol. The van der Waals surface area contributed by atoms with E-state index < -0.39 is 0 Å². The topological polar surface area (TPSA) is 51.2 Å². The largest absolute Gasteiger partial charge is 0.496 e. The minimum absolute atomic E-state index is 0.187. The predicted molar refractivity (Wildman–Crippen MR) is 82.3 cm³/mol. The Bertz CT molecular complexity index is 629. The summed E-state index contributed by atoms with van der Waals surface area (Å²) >= 11 is 3.34. The number of methoxy groups -OCH3 is 1. The lowest BCUT2D eigenvalue weighted by Gasteiger charge is -2.09. The number of nitrogens with zero attached hydrogens (tertiary/aromatic N) is 1. The molecule has 2 aromatic rings. The van der Waals surface area contributed by atoms with Gasteiger partial charge in [0.15, 0.2) is 0 Å². The van der Waals surface area contributed by atoms with Gasteiger partial charge < -0.3 is 10.1 Å². The van der Waals surface area contributed by atoms with Crippen molar-refractivity contribution in [1.29, 1.82) is 0 Å². The summed E-state index contributed by atoms with van der Waals surface area (Å²) in [5.74, 6) is 1.12. The molecule has 0 saturated heterocycles. The van der Waals surface area contributed by atoms with Crippen LogP contribution in [-0.4, -0.2) is 18.0 Å². The first-order valence-electron chi connectivity index (χ1n) is 6.24. The fourth-order valence-electron chi connectivity index (χ4n) is 1.86. The third kappa shape index (κ3) is 3.36. The van der Waals surface area contributed by atoms with Crippen LogP contribution < -0.4 is 10.1 Å². The Morgan fingerprint density at radius 2 is 2.15 bits per heavy atom. The van der Waals surface area contributed by atoms with Gasteiger partial charge in [-0.3, -0.25) is 4.79 Å². The van der Waals surface area contributed by atoms with Gasteiger partial charge in [-0.1, -0.05) is 22.9 Å². The van der Waals surface area contributed by atoms with Gasteiger partial charge in [-0.2, -0.15) is 0 Å². The molecule has 0 fully saturated rings. The first-order valence-corrected chi connectivity index (χ1v) is 7.03. The van der Waals surface area contributed by atoms with Gasteiger partial charge in [0, 0.05) is 16.2 Å². The van der Waals surface area contributed by atoms with Crippen LogP contribution in [0.2, 0.25) is 0 Å². The van der Waals surface area contributed by atoms with Gasteiger partial charge >= 0.3 is 0 Å². The van der Waals surface area contributed by atoms with E-state index in [1.807, 2.05) is 19.1 Å². The van der Waals surface area contributed by atoms with Gasteiger partial charge in [0.25, 0.3) is 5.91 Å². The van der Waals surface area contributed by atoms with E-state index in [4.69, 9.17) is 4.74 Å². The van der Waals surface area contributed by atoms with Gasteiger partial charge in [-0.05, 0) is 42.3 Å². The third-order valence-corrected chi connectivity index (χ3v) is 3.38. The van der Waals surface area contributed by atoms with Crippen molar-refractivity contribution in [1.82, 2.24) is 4.98 Å². The minimum Gasteiger partial charge on any atom is -0.496 e. The van der Waals surface area contributed by atoms with Gasteiger partial charge in [0.2, 0.25) is 0 Å². The van der Waals surface area contributed by atoms with Crippen molar-refractivity contribution in [3.8, 4) is 5.75 Å². The molecule has 0 aliphatic carbocycles. The molecule has 4 nitrogen and oxygen atoms in total. The van der Waals surface area contributed by atoms with Crippen molar-refractivity contribution >= 4 is 27.7 Å². The second kappa shape index (κ2) is 6.52. The SMILES string of the molecule is CCc1cc(C(=O)Nc2cc(Br)ccn2)ccc1OC. The molecule has 0 spiro atoms. The number of aryl methyl sites for hydroxylation is 1. The number of benzene rings is 1. The molecule has 0 aliphatic rings. The quantitative estimate of drug-likeness (QED) is 0.928. The number of amides is 1. The van der Waals surface area contributed by atoms with Crippen LogP contribution in [0.1, 0.15) is 22.8 Å². The summed E-state index contributed by atoms with van der Waals surface area (Å²) in [7, 11) is 1.62. The Morgan fingerprint density at radius 3 is 2.80 bits per heavy atom. The summed E-state index contributed by atoms with van der Waals surface area (Å²) in [4.78, 5) is 16.3. The van der Waals surface area contributed by atoms with Crippen LogP contribution in [0.3, 0.4) is 0 Å². The number of pyridine rings is 1. The van der Waals surface area contributed by atoms with Crippen molar-refractivity contribution in [2.75, 3.05) is 12.4 Å². The maximum atomic E-state index is 12.2. The van der Waals surface area contributed by atoms with Crippen molar-refractivity contribution in [2.24, 2.45) is 0 Å². The van der Waals surface area contributed by atoms with E-state index in [1.165, 1.54) is 0 Å². The molecule has 1 heterocycles. The summed E-state index contributed by atoms with van der Waals surface area (Å²) in [5, 5.41) is 2.77. The Hall–Kier alpha value is -1.88. The number of halogens is 1. The summed E-state index contributed by atoms with van der Waals surface area (Å²) in [6, 6.07) is 8.94. The molecule has 20 heavy (non-hydrogen) atoms. The summed E-state index contributed by atoms with van der Waals surface area (Å²) in [5.41, 5.74) is 1.59. The summed E-state index contributed by atoms with van der Waals surface area (Å²) in [6.45, 7) is 2.02. The number of hydrogen-bond acceptors (Lipinski definition) is 3. The van der Waals surface area contributed by atoms with Crippen molar-refractivity contribution < 1.29 is 9.53 Å². The number of anilines is 1. The van der Waals surface area contributed by atoms with E-state index in [9.17, 15) is 4.79 Å². The Kier molecular flexibility index (Phi) is 4.74. The molecule has 1 N–H and O–H groups in total. The zero-order chi connectivity index (χ0) is 14.5. The Labute approximate surface area is 126 Å². The third-order valence-electron chi connectivity index (χ3n) is 2.89. The van der Waals surface area contributed by atoms with E-state index in [0.29, 0.717) is 11.4 Å². The average Bonchev–Trinajstić information content (AvgIpc) is 2.46. The molecule has 0 bridgehead atoms. The van der Waals surface area contributed by atoms with Crippen molar-refractivity contribution in [2.45, 2.75) is 13.3 Å². The molecular weight excluding hydrogens is 320 g/mol. The number of carbonyl (C=O) groups is 1. The number of ether oxygens (including phenoxy) is 1. The molecule has 1 aromatic carbocycles. The maximum Gasteiger partial charge on any atom is 0.256 e. The van der Waals surface area contributed by atoms with E-state index in [1.54, 1.807) is 31.5 Å². The smallest absolute Gasteiger partial charge is 0.256 e. The lowest BCUT2D eigenvalue weighted by atomic mass is 10.1. The van der Waals surface area contributed by atoms with Crippen LogP contribution in [0.25, 0.3) is 0 Å². The van der Waals surface area contributed by atoms with E-state index >= 15 is 0 Å². The number of nitrogens with one attached hydrogen (secondary N) is 1. The van der Waals surface area contributed by atoms with E-state index in [2.05, 4.69) is 26.2 Å². The maximum absolute atomic E-state index is 12.2. The first kappa shape index (κ1) is 14.5. The molecule has 104 valence electrons. The highest BCUT2D eigenvalue weighted by Gasteiger charge is 2.10. The van der Waals surface area contributed by atoms with Crippen molar-refractivity contribution in [3.05, 3.63) is 52.1 Å². The highest BCUT2D eigenvalue weighted by molar-refractivity contribution is 9.10. The molecule has 1 amide bonds. The summed E-state index contributed by atoms with van der Waals surface area (Å²) < 4.78 is 6.12. The zero-order valence-electron chi connectivity index (χ0n) is 11.3. The normalized spacial score (nSPS) is 10.2. The number of aromatic nitrogens is 1. The standard InChI is InChI=1S/C15H15BrN2O2/c1-3-10-8-11(4-5-13(10)20-2)15(19)18-14-9-12(16)6-7-17-14/h4-9H,3H2,1-2H3,(H,17,18,19). The monoisotopic (exact) mass is 334 g/mol. The highest BCUT2D eigenvalue weighted by atomic mass is 79.9. The lowest BCUT2D eigenvalue weighted by Crippen LogP contribution is -2.13. The van der Waals surface area contributed by atoms with Crippen molar-refractivity contribution in [3.63, 3.8) is 0 Å². The summed E-state index contributed by atoms with van der Waals surface area (Å²) in [6.07, 6.45) is 2.44. The van der Waals surface area contributed by atoms with Gasteiger partial charge in [0.05, 0.1) is 7.11 Å². The molecule has 0 unspecified atom stereocenters. The zero-order valence-corrected chi connectivity index (χ0v) is 12.9. The van der Waals surface area contributed by atoms with Crippen LogP contribution >= 0.6 is 15.9 Å². The fraction of sp³-hybridized carbons (Fsp3) is 0.200. The second-order valence-corrected chi connectivity index (χ2v) is 5.11. The molecule has 0 aliphatic heterocycles. The Balaban J connectivity index is 2.21. The van der Waals surface area contributed by atoms with Crippen LogP contribution in [0.15, 0.2) is 41.0 Å². The predicted octanol–water partition coefficient (Wildman–Crippen LogP) is 3.67. The van der Waals surface area contributed by atoms with Crippen LogP contribution in [-0.2, 0) is 6.42 Å². The molecule has 5 heteroatoms.